The number of benzene rings is 2. The van der Waals surface area contributed by atoms with Crippen molar-refractivity contribution >= 4 is 34.3 Å². The maximum atomic E-state index is 13.2. The van der Waals surface area contributed by atoms with Gasteiger partial charge in [0.2, 0.25) is 5.78 Å². The second-order valence-corrected chi connectivity index (χ2v) is 8.44. The van der Waals surface area contributed by atoms with E-state index < -0.39 is 23.5 Å². The summed E-state index contributed by atoms with van der Waals surface area (Å²) in [4.78, 5) is 27.7. The molecule has 1 atom stereocenters. The first-order chi connectivity index (χ1) is 14.5. The number of aliphatic hydroxyl groups excluding tert-OH is 1. The van der Waals surface area contributed by atoms with Crippen LogP contribution in [0.2, 0.25) is 0 Å². The molecule has 1 aliphatic rings. The van der Waals surface area contributed by atoms with Crippen molar-refractivity contribution in [1.82, 2.24) is 4.90 Å². The van der Waals surface area contributed by atoms with Crippen molar-refractivity contribution in [3.05, 3.63) is 104 Å². The van der Waals surface area contributed by atoms with E-state index in [1.807, 2.05) is 54.6 Å². The Kier molecular flexibility index (Phi) is 5.76. The molecule has 0 aliphatic carbocycles. The van der Waals surface area contributed by atoms with Gasteiger partial charge in [0, 0.05) is 10.1 Å². The first-order valence-electron chi connectivity index (χ1n) is 9.60. The van der Waals surface area contributed by atoms with Crippen LogP contribution in [-0.4, -0.2) is 28.2 Å². The molecule has 0 saturated heterocycles. The van der Waals surface area contributed by atoms with Crippen molar-refractivity contribution in [2.45, 2.75) is 19.4 Å². The summed E-state index contributed by atoms with van der Waals surface area (Å²) in [5, 5.41) is 10.7. The van der Waals surface area contributed by atoms with Gasteiger partial charge in [0.15, 0.2) is 11.5 Å². The van der Waals surface area contributed by atoms with Crippen LogP contribution >= 0.6 is 22.6 Å². The highest BCUT2D eigenvalue weighted by molar-refractivity contribution is 14.1. The summed E-state index contributed by atoms with van der Waals surface area (Å²) in [6.07, 6.45) is 0.613. The third kappa shape index (κ3) is 3.92. The predicted molar refractivity (Wildman–Crippen MR) is 121 cm³/mol. The summed E-state index contributed by atoms with van der Waals surface area (Å²) < 4.78 is 6.52. The van der Waals surface area contributed by atoms with Gasteiger partial charge < -0.3 is 14.4 Å². The largest absolute Gasteiger partial charge is 0.503 e. The highest BCUT2D eigenvalue weighted by atomic mass is 127. The average molecular weight is 513 g/mol. The van der Waals surface area contributed by atoms with E-state index in [-0.39, 0.29) is 11.3 Å². The van der Waals surface area contributed by atoms with E-state index in [0.29, 0.717) is 18.7 Å². The van der Waals surface area contributed by atoms with Gasteiger partial charge in [-0.25, -0.2) is 0 Å². The number of rotatable bonds is 6. The summed E-state index contributed by atoms with van der Waals surface area (Å²) >= 11 is 2.20. The molecule has 1 amide bonds. The predicted octanol–water partition coefficient (Wildman–Crippen LogP) is 5.01. The summed E-state index contributed by atoms with van der Waals surface area (Å²) in [5.41, 5.74) is 1.91. The Bertz CT molecular complexity index is 1120. The molecular weight excluding hydrogens is 493 g/mol. The average Bonchev–Trinajstić information content (AvgIpc) is 3.29. The van der Waals surface area contributed by atoms with Crippen LogP contribution in [0.25, 0.3) is 0 Å². The lowest BCUT2D eigenvalue weighted by Crippen LogP contribution is -2.33. The number of ketones is 1. The zero-order valence-corrected chi connectivity index (χ0v) is 18.5. The molecule has 2 heterocycles. The molecule has 3 aromatic rings. The Morgan fingerprint density at radius 1 is 1.07 bits per heavy atom. The fraction of sp³-hybridized carbons (Fsp3) is 0.167. The SMILES string of the molecule is Cc1ccc(C(=O)C2=C(O)C(=O)N(CCc3ccccc3)C2c2ccc(I)cc2)o1. The van der Waals surface area contributed by atoms with Crippen LogP contribution in [0.5, 0.6) is 0 Å². The van der Waals surface area contributed by atoms with Gasteiger partial charge in [-0.05, 0) is 71.3 Å². The minimum Gasteiger partial charge on any atom is -0.503 e. The molecule has 152 valence electrons. The summed E-state index contributed by atoms with van der Waals surface area (Å²) in [5.74, 6) is -0.816. The van der Waals surface area contributed by atoms with Crippen LogP contribution in [0.3, 0.4) is 0 Å². The zero-order valence-electron chi connectivity index (χ0n) is 16.3. The van der Waals surface area contributed by atoms with E-state index in [1.165, 1.54) is 0 Å². The quantitative estimate of drug-likeness (QED) is 0.372. The number of hydrogen-bond donors (Lipinski definition) is 1. The Hall–Kier alpha value is -2.87. The number of halogens is 1. The number of carbonyl (C=O) groups excluding carboxylic acids is 2. The third-order valence-electron chi connectivity index (χ3n) is 5.18. The van der Waals surface area contributed by atoms with Gasteiger partial charge in [0.25, 0.3) is 5.91 Å². The van der Waals surface area contributed by atoms with Gasteiger partial charge in [0.05, 0.1) is 11.6 Å². The van der Waals surface area contributed by atoms with E-state index in [4.69, 9.17) is 4.42 Å². The maximum absolute atomic E-state index is 13.2. The van der Waals surface area contributed by atoms with Crippen LogP contribution in [0.4, 0.5) is 0 Å². The number of furan rings is 1. The maximum Gasteiger partial charge on any atom is 0.290 e. The van der Waals surface area contributed by atoms with E-state index in [9.17, 15) is 14.7 Å². The van der Waals surface area contributed by atoms with Gasteiger partial charge in [-0.1, -0.05) is 42.5 Å². The molecular formula is C24H20INO4. The van der Waals surface area contributed by atoms with Crippen molar-refractivity contribution in [2.24, 2.45) is 0 Å². The molecule has 0 radical (unpaired) electrons. The molecule has 0 fully saturated rings. The van der Waals surface area contributed by atoms with Gasteiger partial charge in [-0.2, -0.15) is 0 Å². The molecule has 0 spiro atoms. The number of hydrogen-bond acceptors (Lipinski definition) is 4. The number of nitrogens with zero attached hydrogens (tertiary/aromatic N) is 1. The lowest BCUT2D eigenvalue weighted by molar-refractivity contribution is -0.129. The minimum atomic E-state index is -0.670. The van der Waals surface area contributed by atoms with Crippen molar-refractivity contribution in [1.29, 1.82) is 0 Å². The second kappa shape index (κ2) is 8.47. The first-order valence-corrected chi connectivity index (χ1v) is 10.7. The lowest BCUT2D eigenvalue weighted by Gasteiger charge is -2.26. The zero-order chi connectivity index (χ0) is 21.3. The fourth-order valence-corrected chi connectivity index (χ4v) is 4.05. The molecule has 4 rings (SSSR count). The van der Waals surface area contributed by atoms with E-state index in [0.717, 1.165) is 14.7 Å². The summed E-state index contributed by atoms with van der Waals surface area (Å²) in [6.45, 7) is 2.12. The molecule has 0 bridgehead atoms. The highest BCUT2D eigenvalue weighted by Crippen LogP contribution is 2.39. The van der Waals surface area contributed by atoms with Crippen molar-refractivity contribution in [3.8, 4) is 0 Å². The van der Waals surface area contributed by atoms with Gasteiger partial charge >= 0.3 is 0 Å². The Labute approximate surface area is 188 Å². The van der Waals surface area contributed by atoms with E-state index >= 15 is 0 Å². The van der Waals surface area contributed by atoms with Crippen molar-refractivity contribution in [2.75, 3.05) is 6.54 Å². The van der Waals surface area contributed by atoms with E-state index in [2.05, 4.69) is 22.6 Å². The molecule has 30 heavy (non-hydrogen) atoms. The smallest absolute Gasteiger partial charge is 0.290 e. The van der Waals surface area contributed by atoms with Crippen molar-refractivity contribution in [3.63, 3.8) is 0 Å². The van der Waals surface area contributed by atoms with Crippen LogP contribution in [-0.2, 0) is 11.2 Å². The van der Waals surface area contributed by atoms with E-state index in [1.54, 1.807) is 24.0 Å². The highest BCUT2D eigenvalue weighted by Gasteiger charge is 2.44. The number of amides is 1. The Balaban J connectivity index is 1.72. The molecule has 1 unspecified atom stereocenters. The lowest BCUT2D eigenvalue weighted by atomic mass is 9.95. The summed E-state index contributed by atoms with van der Waals surface area (Å²) in [7, 11) is 0. The molecule has 6 heteroatoms. The normalized spacial score (nSPS) is 16.4. The van der Waals surface area contributed by atoms with Crippen LogP contribution in [0.1, 0.15) is 33.5 Å². The molecule has 5 nitrogen and oxygen atoms in total. The Morgan fingerprint density at radius 3 is 2.40 bits per heavy atom. The minimum absolute atomic E-state index is 0.0589. The number of aryl methyl sites for hydroxylation is 1. The van der Waals surface area contributed by atoms with Gasteiger partial charge in [-0.15, -0.1) is 0 Å². The monoisotopic (exact) mass is 513 g/mol. The second-order valence-electron chi connectivity index (χ2n) is 7.19. The Morgan fingerprint density at radius 2 is 1.77 bits per heavy atom. The van der Waals surface area contributed by atoms with Gasteiger partial charge in [-0.3, -0.25) is 9.59 Å². The fourth-order valence-electron chi connectivity index (χ4n) is 3.69. The van der Waals surface area contributed by atoms with Crippen molar-refractivity contribution < 1.29 is 19.1 Å². The molecule has 1 aliphatic heterocycles. The van der Waals surface area contributed by atoms with Crippen LogP contribution < -0.4 is 0 Å². The molecule has 1 aromatic heterocycles. The topological polar surface area (TPSA) is 70.8 Å². The number of carbonyl (C=O) groups is 2. The number of aliphatic hydroxyl groups is 1. The first kappa shape index (κ1) is 20.4. The standard InChI is InChI=1S/C24H20INO4/c1-15-7-12-19(30-15)22(27)20-21(17-8-10-18(25)11-9-17)26(24(29)23(20)28)14-13-16-5-3-2-4-6-16/h2-12,21,28H,13-14H2,1H3. The molecule has 2 aromatic carbocycles. The van der Waals surface area contributed by atoms with Crippen LogP contribution in [0, 0.1) is 10.5 Å². The third-order valence-corrected chi connectivity index (χ3v) is 5.90. The van der Waals surface area contributed by atoms with Gasteiger partial charge in [0.1, 0.15) is 5.76 Å². The number of Topliss-reactive ketones (excluding diaryl/α,β-unsaturated/α-hetero) is 1. The molecule has 0 saturated carbocycles. The molecule has 1 N–H and O–H groups in total. The summed E-state index contributed by atoms with van der Waals surface area (Å²) in [6, 6.07) is 20.0. The van der Waals surface area contributed by atoms with Crippen LogP contribution in [0.15, 0.2) is 82.5 Å².